The number of rotatable bonds is 4. The zero-order chi connectivity index (χ0) is 16.2. The average Bonchev–Trinajstić information content (AvgIpc) is 2.58. The second-order valence-electron chi connectivity index (χ2n) is 4.98. The summed E-state index contributed by atoms with van der Waals surface area (Å²) in [6.07, 6.45) is 1.99. The Balaban J connectivity index is 1.96. The quantitative estimate of drug-likeness (QED) is 0.793. The minimum atomic E-state index is -0.749. The zero-order valence-electron chi connectivity index (χ0n) is 12.5. The number of aromatic nitrogens is 4. The zero-order valence-corrected chi connectivity index (χ0v) is 12.5. The Kier molecular flexibility index (Phi) is 4.09. The highest BCUT2D eigenvalue weighted by Crippen LogP contribution is 2.12. The molecule has 0 bridgehead atoms. The van der Waals surface area contributed by atoms with Crippen LogP contribution in [0.3, 0.4) is 0 Å². The molecule has 1 atom stereocenters. The average molecular weight is 309 g/mol. The summed E-state index contributed by atoms with van der Waals surface area (Å²) in [6.45, 7) is 1.81. The first-order valence-electron chi connectivity index (χ1n) is 7.27. The molecule has 7 nitrogen and oxygen atoms in total. The maximum absolute atomic E-state index is 12.6. The van der Waals surface area contributed by atoms with E-state index in [0.29, 0.717) is 23.1 Å². The van der Waals surface area contributed by atoms with Gasteiger partial charge in [-0.2, -0.15) is 4.68 Å². The monoisotopic (exact) mass is 309 g/mol. The summed E-state index contributed by atoms with van der Waals surface area (Å²) in [5, 5.41) is 11.1. The van der Waals surface area contributed by atoms with E-state index in [1.165, 1.54) is 0 Å². The molecule has 2 heterocycles. The van der Waals surface area contributed by atoms with Crippen LogP contribution in [-0.2, 0) is 4.79 Å². The first-order valence-corrected chi connectivity index (χ1v) is 7.27. The molecule has 0 spiro atoms. The number of anilines is 1. The fraction of sp³-hybridized carbons (Fsp3) is 0.188. The van der Waals surface area contributed by atoms with Gasteiger partial charge in [-0.1, -0.05) is 30.3 Å². The number of fused-ring (bicyclic) bond motifs is 1. The van der Waals surface area contributed by atoms with Crippen molar-refractivity contribution in [3.05, 3.63) is 59.0 Å². The summed E-state index contributed by atoms with van der Waals surface area (Å²) >= 11 is 0. The molecule has 0 aliphatic heterocycles. The summed E-state index contributed by atoms with van der Waals surface area (Å²) in [6, 6.07) is 11.4. The number of nitrogens with zero attached hydrogens (tertiary/aromatic N) is 4. The van der Waals surface area contributed by atoms with Crippen molar-refractivity contribution in [1.29, 1.82) is 0 Å². The number of hydrogen-bond donors (Lipinski definition) is 1. The predicted molar refractivity (Wildman–Crippen MR) is 86.0 cm³/mol. The van der Waals surface area contributed by atoms with Crippen LogP contribution in [0.1, 0.15) is 19.4 Å². The molecular weight excluding hydrogens is 294 g/mol. The summed E-state index contributed by atoms with van der Waals surface area (Å²) in [4.78, 5) is 29.1. The fourth-order valence-corrected chi connectivity index (χ4v) is 2.32. The Labute approximate surface area is 132 Å². The van der Waals surface area contributed by atoms with Crippen LogP contribution in [0, 0.1) is 0 Å². The molecule has 0 saturated carbocycles. The lowest BCUT2D eigenvalue weighted by molar-refractivity contribution is -0.119. The van der Waals surface area contributed by atoms with Crippen LogP contribution >= 0.6 is 0 Å². The highest BCUT2D eigenvalue weighted by Gasteiger charge is 2.22. The van der Waals surface area contributed by atoms with E-state index in [2.05, 4.69) is 20.6 Å². The molecule has 0 unspecified atom stereocenters. The fourth-order valence-electron chi connectivity index (χ4n) is 2.32. The Bertz CT molecular complexity index is 892. The second-order valence-corrected chi connectivity index (χ2v) is 4.98. The highest BCUT2D eigenvalue weighted by atomic mass is 16.2. The summed E-state index contributed by atoms with van der Waals surface area (Å²) in [5.41, 5.74) is 0.173. The lowest BCUT2D eigenvalue weighted by Crippen LogP contribution is -2.35. The summed E-state index contributed by atoms with van der Waals surface area (Å²) in [7, 11) is 0. The molecule has 0 aliphatic carbocycles. The first-order chi connectivity index (χ1) is 11.2. The van der Waals surface area contributed by atoms with Crippen molar-refractivity contribution in [2.24, 2.45) is 0 Å². The lowest BCUT2D eigenvalue weighted by Gasteiger charge is -2.15. The second kappa shape index (κ2) is 6.35. The predicted octanol–water partition coefficient (Wildman–Crippen LogP) is 1.78. The van der Waals surface area contributed by atoms with E-state index in [4.69, 9.17) is 0 Å². The van der Waals surface area contributed by atoms with E-state index in [0.717, 1.165) is 4.68 Å². The SMILES string of the molecule is CC[C@@H](C(=O)Nc1ccccn1)n1nnc2ccccc2c1=O. The smallest absolute Gasteiger partial charge is 0.278 e. The van der Waals surface area contributed by atoms with Gasteiger partial charge in [-0.3, -0.25) is 9.59 Å². The molecule has 1 N–H and O–H groups in total. The van der Waals surface area contributed by atoms with Gasteiger partial charge >= 0.3 is 0 Å². The van der Waals surface area contributed by atoms with Gasteiger partial charge in [0, 0.05) is 6.20 Å². The van der Waals surface area contributed by atoms with Gasteiger partial charge in [0.1, 0.15) is 17.4 Å². The molecule has 1 amide bonds. The largest absolute Gasteiger partial charge is 0.309 e. The summed E-state index contributed by atoms with van der Waals surface area (Å²) in [5.74, 6) is 0.0793. The molecule has 1 aromatic carbocycles. The third-order valence-electron chi connectivity index (χ3n) is 3.49. The van der Waals surface area contributed by atoms with Gasteiger partial charge in [-0.15, -0.1) is 5.10 Å². The van der Waals surface area contributed by atoms with Crippen LogP contribution in [0.4, 0.5) is 5.82 Å². The van der Waals surface area contributed by atoms with E-state index in [-0.39, 0.29) is 11.5 Å². The number of hydrogen-bond acceptors (Lipinski definition) is 5. The van der Waals surface area contributed by atoms with Crippen molar-refractivity contribution in [1.82, 2.24) is 20.0 Å². The topological polar surface area (TPSA) is 89.8 Å². The molecule has 2 aromatic heterocycles. The van der Waals surface area contributed by atoms with Gasteiger partial charge in [0.15, 0.2) is 0 Å². The van der Waals surface area contributed by atoms with Gasteiger partial charge in [0.05, 0.1) is 5.39 Å². The number of benzene rings is 1. The van der Waals surface area contributed by atoms with Gasteiger partial charge in [-0.25, -0.2) is 4.98 Å². The number of carbonyl (C=O) groups is 1. The summed E-state index contributed by atoms with van der Waals surface area (Å²) < 4.78 is 1.13. The molecule has 0 fully saturated rings. The van der Waals surface area contributed by atoms with Crippen LogP contribution in [0.25, 0.3) is 10.9 Å². The minimum Gasteiger partial charge on any atom is -0.309 e. The van der Waals surface area contributed by atoms with Crippen LogP contribution in [0.15, 0.2) is 53.5 Å². The maximum Gasteiger partial charge on any atom is 0.278 e. The molecule has 7 heteroatoms. The molecular formula is C16H15N5O2. The molecule has 3 rings (SSSR count). The van der Waals surface area contributed by atoms with Crippen LogP contribution in [-0.4, -0.2) is 25.9 Å². The van der Waals surface area contributed by atoms with Gasteiger partial charge in [0.2, 0.25) is 0 Å². The van der Waals surface area contributed by atoms with Gasteiger partial charge in [0.25, 0.3) is 11.5 Å². The molecule has 3 aromatic rings. The Morgan fingerprint density at radius 3 is 2.74 bits per heavy atom. The number of nitrogens with one attached hydrogen (secondary N) is 1. The van der Waals surface area contributed by atoms with E-state index >= 15 is 0 Å². The van der Waals surface area contributed by atoms with Gasteiger partial charge in [-0.05, 0) is 30.7 Å². The Morgan fingerprint density at radius 1 is 1.22 bits per heavy atom. The molecule has 23 heavy (non-hydrogen) atoms. The van der Waals surface area contributed by atoms with E-state index in [9.17, 15) is 9.59 Å². The minimum absolute atomic E-state index is 0.335. The Hall–Kier alpha value is -3.09. The third-order valence-corrected chi connectivity index (χ3v) is 3.49. The lowest BCUT2D eigenvalue weighted by atomic mass is 10.2. The van der Waals surface area contributed by atoms with Crippen molar-refractivity contribution in [2.45, 2.75) is 19.4 Å². The maximum atomic E-state index is 12.6. The number of amides is 1. The normalized spacial score (nSPS) is 12.0. The van der Waals surface area contributed by atoms with E-state index in [1.807, 2.05) is 6.92 Å². The number of pyridine rings is 1. The standard InChI is InChI=1S/C16H15N5O2/c1-2-13(15(22)18-14-9-5-6-10-17-14)21-16(23)11-7-3-4-8-12(11)19-20-21/h3-10,13H,2H2,1H3,(H,17,18,22)/t13-/m0/s1. The van der Waals surface area contributed by atoms with Gasteiger partial charge < -0.3 is 5.32 Å². The van der Waals surface area contributed by atoms with Crippen molar-refractivity contribution in [3.8, 4) is 0 Å². The third kappa shape index (κ3) is 2.94. The van der Waals surface area contributed by atoms with Crippen molar-refractivity contribution in [3.63, 3.8) is 0 Å². The first kappa shape index (κ1) is 14.8. The highest BCUT2D eigenvalue weighted by molar-refractivity contribution is 5.92. The van der Waals surface area contributed by atoms with E-state index in [1.54, 1.807) is 48.7 Å². The van der Waals surface area contributed by atoms with Crippen LogP contribution in [0.5, 0.6) is 0 Å². The molecule has 0 aliphatic rings. The van der Waals surface area contributed by atoms with Crippen molar-refractivity contribution < 1.29 is 4.79 Å². The van der Waals surface area contributed by atoms with Crippen molar-refractivity contribution >= 4 is 22.6 Å². The molecule has 0 radical (unpaired) electrons. The molecule has 116 valence electrons. The van der Waals surface area contributed by atoms with Crippen LogP contribution in [0.2, 0.25) is 0 Å². The van der Waals surface area contributed by atoms with Crippen LogP contribution < -0.4 is 10.9 Å². The molecule has 0 saturated heterocycles. The Morgan fingerprint density at radius 2 is 2.00 bits per heavy atom. The van der Waals surface area contributed by atoms with Crippen molar-refractivity contribution in [2.75, 3.05) is 5.32 Å². The van der Waals surface area contributed by atoms with E-state index < -0.39 is 6.04 Å². The number of carbonyl (C=O) groups excluding carboxylic acids is 1.